The van der Waals surface area contributed by atoms with Crippen molar-refractivity contribution in [2.24, 2.45) is 17.6 Å². The maximum Gasteiger partial charge on any atom is 0.265 e. The molecule has 1 aromatic carbocycles. The first-order valence-electron chi connectivity index (χ1n) is 9.73. The summed E-state index contributed by atoms with van der Waals surface area (Å²) in [7, 11) is 0. The molecule has 4 rings (SSSR count). The highest BCUT2D eigenvalue weighted by atomic mass is 35.5. The van der Waals surface area contributed by atoms with E-state index in [9.17, 15) is 9.59 Å². The Morgan fingerprint density at radius 2 is 1.93 bits per heavy atom. The molecular weight excluding hydrogens is 394 g/mol. The Morgan fingerprint density at radius 1 is 1.18 bits per heavy atom. The number of carbonyl (C=O) groups excluding carboxylic acids is 2. The van der Waals surface area contributed by atoms with E-state index in [1.165, 1.54) is 11.3 Å². The minimum atomic E-state index is -0.239. The van der Waals surface area contributed by atoms with Crippen LogP contribution in [-0.4, -0.2) is 29.8 Å². The van der Waals surface area contributed by atoms with Gasteiger partial charge in [0.1, 0.15) is 0 Å². The molecule has 0 unspecified atom stereocenters. The van der Waals surface area contributed by atoms with Crippen molar-refractivity contribution in [3.05, 3.63) is 50.7 Å². The van der Waals surface area contributed by atoms with Crippen molar-refractivity contribution in [2.45, 2.75) is 32.2 Å². The largest absolute Gasteiger partial charge is 0.334 e. The van der Waals surface area contributed by atoms with Crippen LogP contribution in [0.2, 0.25) is 4.34 Å². The summed E-state index contributed by atoms with van der Waals surface area (Å²) < 4.78 is 0.565. The molecule has 0 bridgehead atoms. The standard InChI is InChI=1S/C21H24ClN3O2S/c22-18-9-8-17(28-18)20(26)24-16-3-1-2-15-12-25(21(27)19(15)16)11-14-6-4-13(10-23)5-7-14/h1-3,8-9,13-14H,4-7,10-12,23H2,(H,24,26). The molecule has 3 N–H and O–H groups in total. The zero-order valence-corrected chi connectivity index (χ0v) is 17.2. The van der Waals surface area contributed by atoms with E-state index in [1.54, 1.807) is 18.2 Å². The van der Waals surface area contributed by atoms with Gasteiger partial charge in [-0.1, -0.05) is 23.7 Å². The van der Waals surface area contributed by atoms with Gasteiger partial charge >= 0.3 is 0 Å². The van der Waals surface area contributed by atoms with Crippen molar-refractivity contribution in [1.29, 1.82) is 0 Å². The SMILES string of the molecule is NCC1CCC(CN2Cc3cccc(NC(=O)c4ccc(Cl)s4)c3C2=O)CC1. The van der Waals surface area contributed by atoms with Crippen LogP contribution in [0.1, 0.15) is 51.3 Å². The maximum absolute atomic E-state index is 13.1. The minimum absolute atomic E-state index is 0.0102. The zero-order valence-electron chi connectivity index (χ0n) is 15.6. The van der Waals surface area contributed by atoms with E-state index in [1.807, 2.05) is 17.0 Å². The third-order valence-electron chi connectivity index (χ3n) is 5.84. The second-order valence-corrected chi connectivity index (χ2v) is 9.42. The van der Waals surface area contributed by atoms with Crippen molar-refractivity contribution in [1.82, 2.24) is 4.90 Å². The van der Waals surface area contributed by atoms with Crippen LogP contribution in [0.5, 0.6) is 0 Å². The zero-order chi connectivity index (χ0) is 19.7. The summed E-state index contributed by atoms with van der Waals surface area (Å²) in [6.45, 7) is 2.15. The van der Waals surface area contributed by atoms with Crippen molar-refractivity contribution in [2.75, 3.05) is 18.4 Å². The predicted molar refractivity (Wildman–Crippen MR) is 113 cm³/mol. The lowest BCUT2D eigenvalue weighted by Gasteiger charge is -2.30. The second kappa shape index (κ2) is 8.23. The summed E-state index contributed by atoms with van der Waals surface area (Å²) in [6, 6.07) is 9.04. The van der Waals surface area contributed by atoms with Gasteiger partial charge in [-0.15, -0.1) is 11.3 Å². The van der Waals surface area contributed by atoms with Crippen molar-refractivity contribution < 1.29 is 9.59 Å². The fourth-order valence-electron chi connectivity index (χ4n) is 4.25. The van der Waals surface area contributed by atoms with Gasteiger partial charge in [0.25, 0.3) is 11.8 Å². The van der Waals surface area contributed by atoms with E-state index >= 15 is 0 Å². The number of nitrogens with zero attached hydrogens (tertiary/aromatic N) is 1. The lowest BCUT2D eigenvalue weighted by atomic mass is 9.82. The average Bonchev–Trinajstić information content (AvgIpc) is 3.27. The number of benzene rings is 1. The summed E-state index contributed by atoms with van der Waals surface area (Å²) in [5, 5.41) is 2.89. The summed E-state index contributed by atoms with van der Waals surface area (Å²) in [6.07, 6.45) is 4.57. The fraction of sp³-hybridized carbons (Fsp3) is 0.429. The van der Waals surface area contributed by atoms with Crippen LogP contribution in [0.4, 0.5) is 5.69 Å². The second-order valence-electron chi connectivity index (χ2n) is 7.71. The lowest BCUT2D eigenvalue weighted by molar-refractivity contribution is 0.0731. The molecule has 1 fully saturated rings. The third-order valence-corrected chi connectivity index (χ3v) is 7.07. The molecule has 0 saturated heterocycles. The predicted octanol–water partition coefficient (Wildman–Crippen LogP) is 4.37. The maximum atomic E-state index is 13.1. The molecule has 5 nitrogen and oxygen atoms in total. The molecule has 28 heavy (non-hydrogen) atoms. The lowest BCUT2D eigenvalue weighted by Crippen LogP contribution is -2.33. The average molecular weight is 418 g/mol. The normalized spacial score (nSPS) is 21.6. The monoisotopic (exact) mass is 417 g/mol. The molecule has 2 amide bonds. The van der Waals surface area contributed by atoms with E-state index in [0.29, 0.717) is 38.8 Å². The Morgan fingerprint density at radius 3 is 2.61 bits per heavy atom. The minimum Gasteiger partial charge on any atom is -0.334 e. The Labute approximate surface area is 173 Å². The number of fused-ring (bicyclic) bond motifs is 1. The first-order valence-corrected chi connectivity index (χ1v) is 10.9. The van der Waals surface area contributed by atoms with Gasteiger partial charge < -0.3 is 16.0 Å². The molecule has 0 radical (unpaired) electrons. The van der Waals surface area contributed by atoms with Crippen LogP contribution in [0, 0.1) is 11.8 Å². The molecule has 2 heterocycles. The van der Waals surface area contributed by atoms with E-state index in [0.717, 1.165) is 44.3 Å². The Hall–Kier alpha value is -1.89. The van der Waals surface area contributed by atoms with E-state index in [-0.39, 0.29) is 11.8 Å². The first kappa shape index (κ1) is 19.4. The highest BCUT2D eigenvalue weighted by Gasteiger charge is 2.33. The smallest absolute Gasteiger partial charge is 0.265 e. The number of nitrogens with one attached hydrogen (secondary N) is 1. The molecule has 1 aliphatic heterocycles. The molecule has 148 valence electrons. The van der Waals surface area contributed by atoms with Gasteiger partial charge in [-0.2, -0.15) is 0 Å². The van der Waals surface area contributed by atoms with E-state index < -0.39 is 0 Å². The molecule has 7 heteroatoms. The first-order chi connectivity index (χ1) is 13.5. The van der Waals surface area contributed by atoms with E-state index in [2.05, 4.69) is 5.32 Å². The number of nitrogens with two attached hydrogens (primary N) is 1. The number of rotatable bonds is 5. The van der Waals surface area contributed by atoms with Crippen molar-refractivity contribution in [3.63, 3.8) is 0 Å². The summed E-state index contributed by atoms with van der Waals surface area (Å²) in [5.74, 6) is 0.940. The van der Waals surface area contributed by atoms with Crippen molar-refractivity contribution >= 4 is 40.4 Å². The Bertz CT molecular complexity index is 890. The van der Waals surface area contributed by atoms with Crippen LogP contribution in [0.15, 0.2) is 30.3 Å². The van der Waals surface area contributed by atoms with E-state index in [4.69, 9.17) is 17.3 Å². The number of hydrogen-bond acceptors (Lipinski definition) is 4. The number of thiophene rings is 1. The molecule has 0 spiro atoms. The van der Waals surface area contributed by atoms with Crippen molar-refractivity contribution in [3.8, 4) is 0 Å². The number of anilines is 1. The van der Waals surface area contributed by atoms with Gasteiger partial charge in [-0.25, -0.2) is 0 Å². The molecule has 2 aliphatic rings. The number of halogens is 1. The molecule has 1 saturated carbocycles. The van der Waals surface area contributed by atoms with Crippen LogP contribution < -0.4 is 11.1 Å². The fourth-order valence-corrected chi connectivity index (χ4v) is 5.19. The van der Waals surface area contributed by atoms with Crippen LogP contribution in [-0.2, 0) is 6.54 Å². The highest BCUT2D eigenvalue weighted by Crippen LogP contribution is 2.34. The summed E-state index contributed by atoms with van der Waals surface area (Å²) in [4.78, 5) is 28.0. The van der Waals surface area contributed by atoms with Crippen LogP contribution >= 0.6 is 22.9 Å². The van der Waals surface area contributed by atoms with Crippen LogP contribution in [0.3, 0.4) is 0 Å². The molecule has 2 aromatic rings. The topological polar surface area (TPSA) is 75.4 Å². The quantitative estimate of drug-likeness (QED) is 0.758. The van der Waals surface area contributed by atoms with Gasteiger partial charge in [0.15, 0.2) is 0 Å². The molecule has 0 atom stereocenters. The Balaban J connectivity index is 1.45. The highest BCUT2D eigenvalue weighted by molar-refractivity contribution is 7.18. The summed E-state index contributed by atoms with van der Waals surface area (Å²) >= 11 is 7.15. The number of amides is 2. The molecular formula is C21H24ClN3O2S. The van der Waals surface area contributed by atoms with Gasteiger partial charge in [-0.05, 0) is 67.8 Å². The van der Waals surface area contributed by atoms with Gasteiger partial charge in [0.2, 0.25) is 0 Å². The Kier molecular flexibility index (Phi) is 5.71. The van der Waals surface area contributed by atoms with Gasteiger partial charge in [-0.3, -0.25) is 9.59 Å². The molecule has 1 aliphatic carbocycles. The molecule has 1 aromatic heterocycles. The third kappa shape index (κ3) is 3.95. The number of hydrogen-bond donors (Lipinski definition) is 2. The van der Waals surface area contributed by atoms with Gasteiger partial charge in [0, 0.05) is 13.1 Å². The number of carbonyl (C=O) groups is 2. The van der Waals surface area contributed by atoms with Crippen LogP contribution in [0.25, 0.3) is 0 Å². The summed E-state index contributed by atoms with van der Waals surface area (Å²) in [5.41, 5.74) is 7.96. The van der Waals surface area contributed by atoms with Gasteiger partial charge in [0.05, 0.1) is 20.5 Å².